The number of benzene rings is 1. The molecular weight excluding hydrogens is 196 g/mol. The first-order chi connectivity index (χ1) is 6.65. The molecule has 0 bridgehead atoms. The van der Waals surface area contributed by atoms with Gasteiger partial charge in [-0.1, -0.05) is 11.6 Å². The average Bonchev–Trinajstić information content (AvgIpc) is 2.06. The Morgan fingerprint density at radius 2 is 2.14 bits per heavy atom. The number of nitrogens with two attached hydrogens (primary N) is 1. The summed E-state index contributed by atoms with van der Waals surface area (Å²) in [5.41, 5.74) is 8.09. The molecule has 0 aromatic heterocycles. The average molecular weight is 211 g/mol. The van der Waals surface area contributed by atoms with Crippen LogP contribution in [-0.2, 0) is 0 Å². The largest absolute Gasteiger partial charge is 0.382 e. The Bertz CT molecular complexity index is 332. The van der Waals surface area contributed by atoms with Crippen LogP contribution in [0.25, 0.3) is 0 Å². The summed E-state index contributed by atoms with van der Waals surface area (Å²) in [5.74, 6) is 0. The summed E-state index contributed by atoms with van der Waals surface area (Å²) < 4.78 is 0. The molecular formula is C11H15ClN2. The van der Waals surface area contributed by atoms with E-state index in [0.29, 0.717) is 12.1 Å². The molecule has 14 heavy (non-hydrogen) atoms. The molecule has 2 rings (SSSR count). The molecule has 1 aromatic rings. The van der Waals surface area contributed by atoms with Crippen molar-refractivity contribution in [3.63, 3.8) is 0 Å². The maximum Gasteiger partial charge on any atom is 0.0410 e. The molecule has 0 radical (unpaired) electrons. The van der Waals surface area contributed by atoms with Crippen molar-refractivity contribution in [3.05, 3.63) is 28.8 Å². The van der Waals surface area contributed by atoms with Crippen LogP contribution in [-0.4, -0.2) is 12.1 Å². The number of hydrogen-bond acceptors (Lipinski definition) is 2. The number of nitrogens with one attached hydrogen (secondary N) is 1. The lowest BCUT2D eigenvalue weighted by Gasteiger charge is -2.34. The number of aryl methyl sites for hydroxylation is 1. The topological polar surface area (TPSA) is 38.0 Å². The second kappa shape index (κ2) is 3.79. The van der Waals surface area contributed by atoms with E-state index in [-0.39, 0.29) is 0 Å². The van der Waals surface area contributed by atoms with Gasteiger partial charge in [-0.05, 0) is 43.5 Å². The number of anilines is 1. The molecule has 0 amide bonds. The Balaban J connectivity index is 2.02. The number of halogens is 1. The van der Waals surface area contributed by atoms with Gasteiger partial charge < -0.3 is 11.1 Å². The van der Waals surface area contributed by atoms with Crippen LogP contribution in [0.2, 0.25) is 5.02 Å². The number of hydrogen-bond donors (Lipinski definition) is 2. The Labute approximate surface area is 89.4 Å². The van der Waals surface area contributed by atoms with Crippen molar-refractivity contribution in [2.75, 3.05) is 5.32 Å². The minimum Gasteiger partial charge on any atom is -0.382 e. The van der Waals surface area contributed by atoms with E-state index in [1.165, 1.54) is 11.3 Å². The monoisotopic (exact) mass is 210 g/mol. The third-order valence-corrected chi connectivity index (χ3v) is 2.96. The Hall–Kier alpha value is -0.730. The molecule has 0 spiro atoms. The molecule has 0 unspecified atom stereocenters. The standard InChI is InChI=1S/C11H15ClN2/c1-7-4-8(12)2-3-11(7)14-10-5-9(13)6-10/h2-4,9-10,14H,5-6,13H2,1H3. The van der Waals surface area contributed by atoms with Gasteiger partial charge in [0.1, 0.15) is 0 Å². The van der Waals surface area contributed by atoms with Crippen molar-refractivity contribution in [1.82, 2.24) is 0 Å². The summed E-state index contributed by atoms with van der Waals surface area (Å²) in [7, 11) is 0. The number of rotatable bonds is 2. The lowest BCUT2D eigenvalue weighted by atomic mass is 9.87. The van der Waals surface area contributed by atoms with Crippen molar-refractivity contribution in [1.29, 1.82) is 0 Å². The highest BCUT2D eigenvalue weighted by Crippen LogP contribution is 2.26. The van der Waals surface area contributed by atoms with Crippen LogP contribution in [0.1, 0.15) is 18.4 Å². The molecule has 0 aliphatic heterocycles. The zero-order valence-corrected chi connectivity index (χ0v) is 9.01. The molecule has 2 nitrogen and oxygen atoms in total. The van der Waals surface area contributed by atoms with Crippen molar-refractivity contribution in [2.45, 2.75) is 31.8 Å². The summed E-state index contributed by atoms with van der Waals surface area (Å²) in [4.78, 5) is 0. The van der Waals surface area contributed by atoms with Crippen LogP contribution in [0.5, 0.6) is 0 Å². The fourth-order valence-corrected chi connectivity index (χ4v) is 2.02. The van der Waals surface area contributed by atoms with Gasteiger partial charge in [0.05, 0.1) is 0 Å². The predicted octanol–water partition coefficient (Wildman–Crippen LogP) is 2.55. The van der Waals surface area contributed by atoms with E-state index in [4.69, 9.17) is 17.3 Å². The van der Waals surface area contributed by atoms with E-state index in [9.17, 15) is 0 Å². The second-order valence-electron chi connectivity index (χ2n) is 4.03. The Morgan fingerprint density at radius 3 is 2.71 bits per heavy atom. The maximum absolute atomic E-state index is 5.88. The van der Waals surface area contributed by atoms with E-state index in [1.807, 2.05) is 18.2 Å². The van der Waals surface area contributed by atoms with Gasteiger partial charge in [0, 0.05) is 22.8 Å². The van der Waals surface area contributed by atoms with Crippen LogP contribution in [0.15, 0.2) is 18.2 Å². The molecule has 76 valence electrons. The Kier molecular flexibility index (Phi) is 2.66. The molecule has 1 aliphatic carbocycles. The third kappa shape index (κ3) is 2.02. The highest BCUT2D eigenvalue weighted by molar-refractivity contribution is 6.30. The summed E-state index contributed by atoms with van der Waals surface area (Å²) in [5, 5.41) is 4.26. The minimum absolute atomic E-state index is 0.389. The fraction of sp³-hybridized carbons (Fsp3) is 0.455. The van der Waals surface area contributed by atoms with Gasteiger partial charge in [-0.2, -0.15) is 0 Å². The van der Waals surface area contributed by atoms with Crippen molar-refractivity contribution in [3.8, 4) is 0 Å². The maximum atomic E-state index is 5.88. The van der Waals surface area contributed by atoms with E-state index >= 15 is 0 Å². The van der Waals surface area contributed by atoms with Crippen LogP contribution in [0.3, 0.4) is 0 Å². The first-order valence-electron chi connectivity index (χ1n) is 4.93. The molecule has 0 atom stereocenters. The molecule has 1 aliphatic rings. The molecule has 1 fully saturated rings. The molecule has 3 N–H and O–H groups in total. The summed E-state index contributed by atoms with van der Waals surface area (Å²) in [6.07, 6.45) is 2.14. The zero-order chi connectivity index (χ0) is 10.1. The predicted molar refractivity (Wildman–Crippen MR) is 60.8 cm³/mol. The normalized spacial score (nSPS) is 25.6. The van der Waals surface area contributed by atoms with Crippen molar-refractivity contribution >= 4 is 17.3 Å². The van der Waals surface area contributed by atoms with Gasteiger partial charge >= 0.3 is 0 Å². The van der Waals surface area contributed by atoms with Gasteiger partial charge in [-0.25, -0.2) is 0 Å². The zero-order valence-electron chi connectivity index (χ0n) is 8.26. The molecule has 1 aromatic carbocycles. The fourth-order valence-electron chi connectivity index (χ4n) is 1.79. The molecule has 0 saturated heterocycles. The van der Waals surface area contributed by atoms with Crippen LogP contribution >= 0.6 is 11.6 Å². The van der Waals surface area contributed by atoms with Crippen LogP contribution in [0.4, 0.5) is 5.69 Å². The van der Waals surface area contributed by atoms with E-state index in [1.54, 1.807) is 0 Å². The highest BCUT2D eigenvalue weighted by Gasteiger charge is 2.25. The second-order valence-corrected chi connectivity index (χ2v) is 4.47. The van der Waals surface area contributed by atoms with Crippen LogP contribution in [0, 0.1) is 6.92 Å². The van der Waals surface area contributed by atoms with E-state index in [0.717, 1.165) is 17.9 Å². The quantitative estimate of drug-likeness (QED) is 0.788. The lowest BCUT2D eigenvalue weighted by molar-refractivity contribution is 0.373. The van der Waals surface area contributed by atoms with Gasteiger partial charge in [-0.3, -0.25) is 0 Å². The molecule has 0 heterocycles. The van der Waals surface area contributed by atoms with E-state index in [2.05, 4.69) is 12.2 Å². The first kappa shape index (κ1) is 9.81. The highest BCUT2D eigenvalue weighted by atomic mass is 35.5. The third-order valence-electron chi connectivity index (χ3n) is 2.72. The molecule has 1 saturated carbocycles. The van der Waals surface area contributed by atoms with Crippen molar-refractivity contribution in [2.24, 2.45) is 5.73 Å². The van der Waals surface area contributed by atoms with Gasteiger partial charge in [0.15, 0.2) is 0 Å². The minimum atomic E-state index is 0.389. The van der Waals surface area contributed by atoms with Crippen LogP contribution < -0.4 is 11.1 Å². The van der Waals surface area contributed by atoms with E-state index < -0.39 is 0 Å². The Morgan fingerprint density at radius 1 is 1.43 bits per heavy atom. The summed E-state index contributed by atoms with van der Waals surface area (Å²) in [6, 6.07) is 6.85. The van der Waals surface area contributed by atoms with Gasteiger partial charge in [0.25, 0.3) is 0 Å². The first-order valence-corrected chi connectivity index (χ1v) is 5.31. The van der Waals surface area contributed by atoms with Crippen molar-refractivity contribution < 1.29 is 0 Å². The smallest absolute Gasteiger partial charge is 0.0410 e. The summed E-state index contributed by atoms with van der Waals surface area (Å²) >= 11 is 5.88. The lowest BCUT2D eigenvalue weighted by Crippen LogP contribution is -2.44. The molecule has 3 heteroatoms. The summed E-state index contributed by atoms with van der Waals surface area (Å²) in [6.45, 7) is 2.06. The van der Waals surface area contributed by atoms with Gasteiger partial charge in [0.2, 0.25) is 0 Å². The SMILES string of the molecule is Cc1cc(Cl)ccc1NC1CC(N)C1. The van der Waals surface area contributed by atoms with Gasteiger partial charge in [-0.15, -0.1) is 0 Å².